The summed E-state index contributed by atoms with van der Waals surface area (Å²) in [4.78, 5) is 0. The molecule has 0 heteroatoms. The predicted octanol–water partition coefficient (Wildman–Crippen LogP) is 5.56. The Balaban J connectivity index is 0.000000771. The second kappa shape index (κ2) is 7.00. The van der Waals surface area contributed by atoms with Crippen LogP contribution >= 0.6 is 0 Å². The molecule has 0 aliphatic carbocycles. The van der Waals surface area contributed by atoms with Crippen molar-refractivity contribution in [1.82, 2.24) is 0 Å². The lowest BCUT2D eigenvalue weighted by molar-refractivity contribution is 1.14. The number of aryl methyl sites for hydroxylation is 3. The van der Waals surface area contributed by atoms with Crippen molar-refractivity contribution >= 4 is 0 Å². The van der Waals surface area contributed by atoms with Gasteiger partial charge in [0.25, 0.3) is 0 Å². The molecule has 2 aromatic carbocycles. The molecule has 0 radical (unpaired) electrons. The van der Waals surface area contributed by atoms with Gasteiger partial charge in [-0.3, -0.25) is 0 Å². The molecule has 0 saturated carbocycles. The Morgan fingerprint density at radius 3 is 2.00 bits per heavy atom. The Labute approximate surface area is 112 Å². The average molecular weight is 240 g/mol. The fourth-order valence-corrected chi connectivity index (χ4v) is 1.97. The third-order valence-electron chi connectivity index (χ3n) is 3.07. The summed E-state index contributed by atoms with van der Waals surface area (Å²) in [6.45, 7) is 10.5. The monoisotopic (exact) mass is 240 g/mol. The molecule has 0 amide bonds. The minimum Gasteiger partial charge on any atom is -0.0683 e. The van der Waals surface area contributed by atoms with Gasteiger partial charge in [0.05, 0.1) is 0 Å². The van der Waals surface area contributed by atoms with Crippen LogP contribution < -0.4 is 0 Å². The van der Waals surface area contributed by atoms with Crippen molar-refractivity contribution in [1.29, 1.82) is 0 Å². The van der Waals surface area contributed by atoms with Gasteiger partial charge in [-0.2, -0.15) is 0 Å². The summed E-state index contributed by atoms with van der Waals surface area (Å²) in [5.74, 6) is 0. The van der Waals surface area contributed by atoms with Crippen LogP contribution in [0.25, 0.3) is 11.1 Å². The molecule has 0 N–H and O–H groups in total. The highest BCUT2D eigenvalue weighted by Crippen LogP contribution is 2.24. The van der Waals surface area contributed by atoms with Crippen LogP contribution in [-0.4, -0.2) is 0 Å². The molecular weight excluding hydrogens is 216 g/mol. The molecule has 0 atom stereocenters. The van der Waals surface area contributed by atoms with E-state index in [1.54, 1.807) is 0 Å². The van der Waals surface area contributed by atoms with Gasteiger partial charge in [0.2, 0.25) is 0 Å². The highest BCUT2D eigenvalue weighted by Gasteiger charge is 2.01. The standard InChI is InChI=1S/C16H18.C2H6/c1-4-14-7-9-15(10-8-14)16-11-12(2)5-6-13(16)3;1-2/h5-11H,4H2,1-3H3;1-2H3. The molecule has 0 nitrogen and oxygen atoms in total. The predicted molar refractivity (Wildman–Crippen MR) is 82.1 cm³/mol. The largest absolute Gasteiger partial charge is 0.0683 e. The molecule has 0 fully saturated rings. The zero-order valence-corrected chi connectivity index (χ0v) is 12.2. The van der Waals surface area contributed by atoms with E-state index in [9.17, 15) is 0 Å². The maximum Gasteiger partial charge on any atom is -0.0152 e. The van der Waals surface area contributed by atoms with Crippen molar-refractivity contribution in [2.75, 3.05) is 0 Å². The first-order valence-electron chi connectivity index (χ1n) is 6.87. The lowest BCUT2D eigenvalue weighted by atomic mass is 9.97. The van der Waals surface area contributed by atoms with Crippen LogP contribution in [0.5, 0.6) is 0 Å². The molecule has 96 valence electrons. The Morgan fingerprint density at radius 2 is 1.44 bits per heavy atom. The Hall–Kier alpha value is -1.56. The molecule has 2 rings (SSSR count). The van der Waals surface area contributed by atoms with Crippen molar-refractivity contribution in [3.8, 4) is 11.1 Å². The maximum atomic E-state index is 2.26. The summed E-state index contributed by atoms with van der Waals surface area (Å²) >= 11 is 0. The van der Waals surface area contributed by atoms with Crippen molar-refractivity contribution < 1.29 is 0 Å². The smallest absolute Gasteiger partial charge is 0.0152 e. The van der Waals surface area contributed by atoms with Gasteiger partial charge in [0.15, 0.2) is 0 Å². The van der Waals surface area contributed by atoms with Crippen LogP contribution in [0.1, 0.15) is 37.5 Å². The molecule has 0 aliphatic rings. The van der Waals surface area contributed by atoms with Gasteiger partial charge in [-0.05, 0) is 42.5 Å². The van der Waals surface area contributed by atoms with E-state index >= 15 is 0 Å². The number of rotatable bonds is 2. The fourth-order valence-electron chi connectivity index (χ4n) is 1.97. The molecule has 0 saturated heterocycles. The van der Waals surface area contributed by atoms with Crippen molar-refractivity contribution in [3.63, 3.8) is 0 Å². The van der Waals surface area contributed by atoms with Crippen molar-refractivity contribution in [2.24, 2.45) is 0 Å². The first-order chi connectivity index (χ1) is 8.70. The summed E-state index contributed by atoms with van der Waals surface area (Å²) in [5.41, 5.74) is 6.73. The summed E-state index contributed by atoms with van der Waals surface area (Å²) in [5, 5.41) is 0. The van der Waals surface area contributed by atoms with E-state index in [0.29, 0.717) is 0 Å². The van der Waals surface area contributed by atoms with Crippen molar-refractivity contribution in [2.45, 2.75) is 41.0 Å². The van der Waals surface area contributed by atoms with Crippen LogP contribution in [-0.2, 0) is 6.42 Å². The summed E-state index contributed by atoms with van der Waals surface area (Å²) < 4.78 is 0. The topological polar surface area (TPSA) is 0 Å². The van der Waals surface area contributed by atoms with E-state index in [1.807, 2.05) is 13.8 Å². The van der Waals surface area contributed by atoms with Crippen LogP contribution in [0.15, 0.2) is 42.5 Å². The molecule has 0 spiro atoms. The van der Waals surface area contributed by atoms with Crippen LogP contribution in [0.3, 0.4) is 0 Å². The van der Waals surface area contributed by atoms with E-state index in [0.717, 1.165) is 6.42 Å². The van der Waals surface area contributed by atoms with Gasteiger partial charge in [0.1, 0.15) is 0 Å². The maximum absolute atomic E-state index is 2.26. The van der Waals surface area contributed by atoms with E-state index < -0.39 is 0 Å². The molecule has 0 aliphatic heterocycles. The first-order valence-corrected chi connectivity index (χ1v) is 6.87. The molecule has 0 heterocycles. The normalized spacial score (nSPS) is 9.61. The average Bonchev–Trinajstić information content (AvgIpc) is 2.44. The molecule has 0 bridgehead atoms. The first kappa shape index (κ1) is 14.5. The Morgan fingerprint density at radius 1 is 0.833 bits per heavy atom. The lowest BCUT2D eigenvalue weighted by Gasteiger charge is -2.08. The van der Waals surface area contributed by atoms with Gasteiger partial charge in [-0.15, -0.1) is 0 Å². The number of hydrogen-bond donors (Lipinski definition) is 0. The molecule has 18 heavy (non-hydrogen) atoms. The quantitative estimate of drug-likeness (QED) is 0.644. The van der Waals surface area contributed by atoms with E-state index in [2.05, 4.69) is 63.2 Å². The Kier molecular flexibility index (Phi) is 5.64. The fraction of sp³-hybridized carbons (Fsp3) is 0.333. The third kappa shape index (κ3) is 3.46. The molecule has 0 aromatic heterocycles. The molecule has 0 unspecified atom stereocenters. The lowest BCUT2D eigenvalue weighted by Crippen LogP contribution is -1.86. The van der Waals surface area contributed by atoms with Crippen molar-refractivity contribution in [3.05, 3.63) is 59.2 Å². The van der Waals surface area contributed by atoms with E-state index in [4.69, 9.17) is 0 Å². The zero-order valence-electron chi connectivity index (χ0n) is 12.2. The summed E-state index contributed by atoms with van der Waals surface area (Å²) in [7, 11) is 0. The van der Waals surface area contributed by atoms with Gasteiger partial charge in [-0.1, -0.05) is 68.8 Å². The minimum absolute atomic E-state index is 1.10. The summed E-state index contributed by atoms with van der Waals surface area (Å²) in [6, 6.07) is 15.5. The highest BCUT2D eigenvalue weighted by molar-refractivity contribution is 5.68. The Bertz CT molecular complexity index is 478. The van der Waals surface area contributed by atoms with Crippen LogP contribution in [0.4, 0.5) is 0 Å². The molecular formula is C18H24. The van der Waals surface area contributed by atoms with Gasteiger partial charge < -0.3 is 0 Å². The van der Waals surface area contributed by atoms with E-state index in [-0.39, 0.29) is 0 Å². The third-order valence-corrected chi connectivity index (χ3v) is 3.07. The van der Waals surface area contributed by atoms with Crippen LogP contribution in [0.2, 0.25) is 0 Å². The summed E-state index contributed by atoms with van der Waals surface area (Å²) in [6.07, 6.45) is 1.10. The van der Waals surface area contributed by atoms with Gasteiger partial charge in [-0.25, -0.2) is 0 Å². The van der Waals surface area contributed by atoms with Gasteiger partial charge in [0, 0.05) is 0 Å². The second-order valence-electron chi connectivity index (χ2n) is 4.37. The van der Waals surface area contributed by atoms with Crippen LogP contribution in [0, 0.1) is 13.8 Å². The SMILES string of the molecule is CC.CCc1ccc(-c2cc(C)ccc2C)cc1. The van der Waals surface area contributed by atoms with E-state index in [1.165, 1.54) is 27.8 Å². The molecule has 2 aromatic rings. The number of hydrogen-bond acceptors (Lipinski definition) is 0. The highest BCUT2D eigenvalue weighted by atomic mass is 14.1. The minimum atomic E-state index is 1.10. The van der Waals surface area contributed by atoms with Gasteiger partial charge >= 0.3 is 0 Å². The zero-order chi connectivity index (χ0) is 13.5. The second-order valence-corrected chi connectivity index (χ2v) is 4.37. The number of benzene rings is 2.